The van der Waals surface area contributed by atoms with Crippen LogP contribution in [0.5, 0.6) is 0 Å². The van der Waals surface area contributed by atoms with Crippen molar-refractivity contribution in [3.63, 3.8) is 0 Å². The van der Waals surface area contributed by atoms with Gasteiger partial charge in [-0.3, -0.25) is 0 Å². The van der Waals surface area contributed by atoms with Crippen LogP contribution in [0.1, 0.15) is 30.4 Å². The monoisotopic (exact) mass is 289 g/mol. The van der Waals surface area contributed by atoms with Gasteiger partial charge in [-0.15, -0.1) is 0 Å². The van der Waals surface area contributed by atoms with Gasteiger partial charge in [-0.2, -0.15) is 0 Å². The molecule has 1 nitrogen and oxygen atoms in total. The summed E-state index contributed by atoms with van der Waals surface area (Å²) >= 11 is 0. The van der Waals surface area contributed by atoms with Crippen molar-refractivity contribution < 1.29 is 0 Å². The van der Waals surface area contributed by atoms with E-state index in [0.717, 1.165) is 0 Å². The van der Waals surface area contributed by atoms with Gasteiger partial charge in [-0.25, -0.2) is 0 Å². The second-order valence-electron chi connectivity index (χ2n) is 5.74. The topological polar surface area (TPSA) is 3.24 Å². The number of hydrogen-bond donors (Lipinski definition) is 0. The lowest BCUT2D eigenvalue weighted by Crippen LogP contribution is -2.28. The molecule has 0 aromatic heterocycles. The fourth-order valence-electron chi connectivity index (χ4n) is 2.94. The Kier molecular flexibility index (Phi) is 5.09. The standard InChI is InChI=1S/C21H23N/c1-4-11-19(12-5-1)13-10-16-21(20-14-6-2-7-15-20)22-17-8-3-9-18-22/h1-2,4-7,10-16H,3,8-9,17-18H2/b13-10+,21-16+. The van der Waals surface area contributed by atoms with E-state index in [2.05, 4.69) is 83.8 Å². The first-order chi connectivity index (χ1) is 10.9. The van der Waals surface area contributed by atoms with Crippen LogP contribution >= 0.6 is 0 Å². The molecule has 0 unspecified atom stereocenters. The summed E-state index contributed by atoms with van der Waals surface area (Å²) in [5, 5.41) is 0. The van der Waals surface area contributed by atoms with Crippen molar-refractivity contribution in [1.29, 1.82) is 0 Å². The van der Waals surface area contributed by atoms with E-state index in [4.69, 9.17) is 0 Å². The Bertz CT molecular complexity index is 619. The van der Waals surface area contributed by atoms with Crippen LogP contribution in [0.3, 0.4) is 0 Å². The molecule has 1 heterocycles. The molecule has 112 valence electrons. The largest absolute Gasteiger partial charge is 0.371 e. The molecule has 0 radical (unpaired) electrons. The summed E-state index contributed by atoms with van der Waals surface area (Å²) in [5.74, 6) is 0. The normalized spacial score (nSPS) is 16.2. The Hall–Kier alpha value is -2.28. The molecule has 0 saturated carbocycles. The van der Waals surface area contributed by atoms with Gasteiger partial charge in [-0.05, 0) is 36.5 Å². The third kappa shape index (κ3) is 3.88. The predicted octanol–water partition coefficient (Wildman–Crippen LogP) is 5.23. The summed E-state index contributed by atoms with van der Waals surface area (Å²) in [7, 11) is 0. The highest BCUT2D eigenvalue weighted by Gasteiger charge is 2.13. The van der Waals surface area contributed by atoms with Crippen molar-refractivity contribution >= 4 is 11.8 Å². The van der Waals surface area contributed by atoms with Crippen LogP contribution in [0.2, 0.25) is 0 Å². The van der Waals surface area contributed by atoms with Crippen LogP contribution in [0.15, 0.2) is 72.8 Å². The van der Waals surface area contributed by atoms with Crippen molar-refractivity contribution in [3.8, 4) is 0 Å². The molecule has 1 heteroatoms. The maximum absolute atomic E-state index is 2.52. The molecular formula is C21H23N. The first kappa shape index (κ1) is 14.6. The number of rotatable bonds is 4. The number of nitrogens with zero attached hydrogens (tertiary/aromatic N) is 1. The van der Waals surface area contributed by atoms with Gasteiger partial charge >= 0.3 is 0 Å². The molecule has 2 aromatic carbocycles. The second kappa shape index (κ2) is 7.65. The van der Waals surface area contributed by atoms with Gasteiger partial charge in [0.2, 0.25) is 0 Å². The fourth-order valence-corrected chi connectivity index (χ4v) is 2.94. The number of benzene rings is 2. The number of piperidine rings is 1. The quantitative estimate of drug-likeness (QED) is 0.697. The molecule has 0 bridgehead atoms. The Morgan fingerprint density at radius 1 is 0.773 bits per heavy atom. The molecule has 0 amide bonds. The highest BCUT2D eigenvalue weighted by Crippen LogP contribution is 2.23. The van der Waals surface area contributed by atoms with E-state index in [1.165, 1.54) is 49.2 Å². The van der Waals surface area contributed by atoms with E-state index < -0.39 is 0 Å². The van der Waals surface area contributed by atoms with Crippen molar-refractivity contribution in [1.82, 2.24) is 4.90 Å². The Morgan fingerprint density at radius 3 is 2.09 bits per heavy atom. The summed E-state index contributed by atoms with van der Waals surface area (Å²) < 4.78 is 0. The molecule has 1 fully saturated rings. The molecule has 2 aromatic rings. The number of hydrogen-bond acceptors (Lipinski definition) is 1. The minimum Gasteiger partial charge on any atom is -0.371 e. The van der Waals surface area contributed by atoms with Crippen LogP contribution in [-0.2, 0) is 0 Å². The van der Waals surface area contributed by atoms with Crippen LogP contribution < -0.4 is 0 Å². The van der Waals surface area contributed by atoms with E-state index in [1.54, 1.807) is 0 Å². The van der Waals surface area contributed by atoms with Gasteiger partial charge in [-0.1, -0.05) is 72.8 Å². The van der Waals surface area contributed by atoms with E-state index in [-0.39, 0.29) is 0 Å². The first-order valence-electron chi connectivity index (χ1n) is 8.17. The van der Waals surface area contributed by atoms with Gasteiger partial charge in [0.1, 0.15) is 0 Å². The zero-order valence-electron chi connectivity index (χ0n) is 13.0. The van der Waals surface area contributed by atoms with Crippen LogP contribution in [0.4, 0.5) is 0 Å². The molecular weight excluding hydrogens is 266 g/mol. The third-order valence-electron chi connectivity index (χ3n) is 4.11. The maximum atomic E-state index is 2.52. The van der Waals surface area contributed by atoms with E-state index in [0.29, 0.717) is 0 Å². The van der Waals surface area contributed by atoms with Crippen molar-refractivity contribution in [2.45, 2.75) is 19.3 Å². The molecule has 3 rings (SSSR count). The van der Waals surface area contributed by atoms with Gasteiger partial charge in [0, 0.05) is 18.8 Å². The van der Waals surface area contributed by atoms with E-state index in [9.17, 15) is 0 Å². The van der Waals surface area contributed by atoms with Crippen molar-refractivity contribution in [2.75, 3.05) is 13.1 Å². The second-order valence-corrected chi connectivity index (χ2v) is 5.74. The van der Waals surface area contributed by atoms with Crippen LogP contribution in [-0.4, -0.2) is 18.0 Å². The molecule has 0 spiro atoms. The van der Waals surface area contributed by atoms with Crippen molar-refractivity contribution in [3.05, 3.63) is 83.9 Å². The lowest BCUT2D eigenvalue weighted by molar-refractivity contribution is 0.326. The van der Waals surface area contributed by atoms with Gasteiger partial charge in [0.15, 0.2) is 0 Å². The van der Waals surface area contributed by atoms with Gasteiger partial charge in [0.05, 0.1) is 0 Å². The Balaban J connectivity index is 1.84. The molecule has 1 aliphatic heterocycles. The molecule has 1 aliphatic rings. The minimum absolute atomic E-state index is 1.17. The van der Waals surface area contributed by atoms with Crippen molar-refractivity contribution in [2.24, 2.45) is 0 Å². The van der Waals surface area contributed by atoms with Gasteiger partial charge < -0.3 is 4.90 Å². The minimum atomic E-state index is 1.17. The Labute approximate surface area is 133 Å². The fraction of sp³-hybridized carbons (Fsp3) is 0.238. The Morgan fingerprint density at radius 2 is 1.41 bits per heavy atom. The summed E-state index contributed by atoms with van der Waals surface area (Å²) in [5.41, 5.74) is 3.89. The smallest absolute Gasteiger partial charge is 0.0439 e. The highest BCUT2D eigenvalue weighted by atomic mass is 15.1. The van der Waals surface area contributed by atoms with Crippen LogP contribution in [0.25, 0.3) is 11.8 Å². The molecule has 22 heavy (non-hydrogen) atoms. The SMILES string of the molecule is C(=C\c1ccccc1)/C=C(\c1ccccc1)N1CCCCC1. The highest BCUT2D eigenvalue weighted by molar-refractivity contribution is 5.67. The van der Waals surface area contributed by atoms with E-state index >= 15 is 0 Å². The third-order valence-corrected chi connectivity index (χ3v) is 4.11. The lowest BCUT2D eigenvalue weighted by atomic mass is 10.1. The predicted molar refractivity (Wildman–Crippen MR) is 95.3 cm³/mol. The summed E-state index contributed by atoms with van der Waals surface area (Å²) in [4.78, 5) is 2.52. The summed E-state index contributed by atoms with van der Waals surface area (Å²) in [6.07, 6.45) is 10.6. The average Bonchev–Trinajstić information content (AvgIpc) is 2.61. The first-order valence-corrected chi connectivity index (χ1v) is 8.17. The number of allylic oxidation sites excluding steroid dienone is 2. The van der Waals surface area contributed by atoms with Crippen LogP contribution in [0, 0.1) is 0 Å². The molecule has 0 aliphatic carbocycles. The zero-order chi connectivity index (χ0) is 15.0. The lowest BCUT2D eigenvalue weighted by Gasteiger charge is -2.31. The zero-order valence-corrected chi connectivity index (χ0v) is 13.0. The number of likely N-dealkylation sites (tertiary alicyclic amines) is 1. The summed E-state index contributed by atoms with van der Waals surface area (Å²) in [6, 6.07) is 21.2. The molecule has 0 N–H and O–H groups in total. The summed E-state index contributed by atoms with van der Waals surface area (Å²) in [6.45, 7) is 2.33. The molecule has 0 atom stereocenters. The average molecular weight is 289 g/mol. The molecule has 1 saturated heterocycles. The van der Waals surface area contributed by atoms with E-state index in [1.807, 2.05) is 0 Å². The maximum Gasteiger partial charge on any atom is 0.0439 e. The van der Waals surface area contributed by atoms with Gasteiger partial charge in [0.25, 0.3) is 0 Å².